The van der Waals surface area contributed by atoms with Gasteiger partial charge in [-0.3, -0.25) is 4.99 Å². The molecule has 0 bridgehead atoms. The van der Waals surface area contributed by atoms with Crippen molar-refractivity contribution in [3.05, 3.63) is 0 Å². The van der Waals surface area contributed by atoms with Crippen molar-refractivity contribution in [2.45, 2.75) is 64.0 Å². The van der Waals surface area contributed by atoms with Gasteiger partial charge in [-0.05, 0) is 26.2 Å². The SMILES string of the molecule is CCC1(C)CSC(=NCCOC2CCCCC2)N1. The summed E-state index contributed by atoms with van der Waals surface area (Å²) in [6, 6.07) is 0. The van der Waals surface area contributed by atoms with E-state index in [0.29, 0.717) is 6.10 Å². The number of hydrogen-bond acceptors (Lipinski definition) is 3. The van der Waals surface area contributed by atoms with Crippen LogP contribution < -0.4 is 5.32 Å². The fraction of sp³-hybridized carbons (Fsp3) is 0.929. The number of nitrogens with zero attached hydrogens (tertiary/aromatic N) is 1. The summed E-state index contributed by atoms with van der Waals surface area (Å²) in [5.41, 5.74) is 0.244. The molecule has 1 unspecified atom stereocenters. The van der Waals surface area contributed by atoms with Crippen molar-refractivity contribution >= 4 is 16.9 Å². The highest BCUT2D eigenvalue weighted by Crippen LogP contribution is 2.25. The van der Waals surface area contributed by atoms with E-state index in [1.165, 1.54) is 32.1 Å². The van der Waals surface area contributed by atoms with Crippen molar-refractivity contribution in [1.82, 2.24) is 5.32 Å². The van der Waals surface area contributed by atoms with E-state index < -0.39 is 0 Å². The summed E-state index contributed by atoms with van der Waals surface area (Å²) in [4.78, 5) is 4.59. The number of aliphatic imine (C=N–C) groups is 1. The quantitative estimate of drug-likeness (QED) is 0.779. The monoisotopic (exact) mass is 270 g/mol. The van der Waals surface area contributed by atoms with Crippen LogP contribution in [-0.2, 0) is 4.74 Å². The molecule has 1 aliphatic heterocycles. The second-order valence-corrected chi connectivity index (χ2v) is 6.61. The highest BCUT2D eigenvalue weighted by Gasteiger charge is 2.30. The molecule has 1 atom stereocenters. The highest BCUT2D eigenvalue weighted by molar-refractivity contribution is 8.14. The van der Waals surface area contributed by atoms with Crippen LogP contribution in [0.25, 0.3) is 0 Å². The van der Waals surface area contributed by atoms with Crippen LogP contribution in [0, 0.1) is 0 Å². The molecule has 0 aromatic carbocycles. The molecule has 2 rings (SSSR count). The standard InChI is InChI=1S/C14H26N2OS/c1-3-14(2)11-18-13(16-14)15-9-10-17-12-7-5-4-6-8-12/h12H,3-11H2,1-2H3,(H,15,16). The van der Waals surface area contributed by atoms with E-state index >= 15 is 0 Å². The van der Waals surface area contributed by atoms with Gasteiger partial charge in [0.05, 0.1) is 19.3 Å². The van der Waals surface area contributed by atoms with E-state index in [0.717, 1.165) is 30.5 Å². The molecule has 4 heteroatoms. The summed E-state index contributed by atoms with van der Waals surface area (Å²) < 4.78 is 5.88. The first-order valence-electron chi connectivity index (χ1n) is 7.29. The summed E-state index contributed by atoms with van der Waals surface area (Å²) in [5.74, 6) is 1.13. The summed E-state index contributed by atoms with van der Waals surface area (Å²) in [5, 5.41) is 4.62. The predicted molar refractivity (Wildman–Crippen MR) is 79.4 cm³/mol. The smallest absolute Gasteiger partial charge is 0.157 e. The molecule has 2 aliphatic rings. The Labute approximate surface area is 115 Å². The minimum Gasteiger partial charge on any atom is -0.376 e. The number of nitrogens with one attached hydrogen (secondary N) is 1. The lowest BCUT2D eigenvalue weighted by molar-refractivity contribution is 0.0335. The molecule has 3 nitrogen and oxygen atoms in total. The molecule has 1 saturated heterocycles. The van der Waals surface area contributed by atoms with Crippen LogP contribution >= 0.6 is 11.8 Å². The van der Waals surface area contributed by atoms with Gasteiger partial charge in [-0.1, -0.05) is 37.9 Å². The first-order valence-corrected chi connectivity index (χ1v) is 8.27. The van der Waals surface area contributed by atoms with Gasteiger partial charge < -0.3 is 10.1 Å². The maximum atomic E-state index is 5.88. The number of rotatable bonds is 5. The Morgan fingerprint density at radius 1 is 1.39 bits per heavy atom. The Balaban J connectivity index is 1.63. The molecule has 104 valence electrons. The van der Waals surface area contributed by atoms with E-state index in [1.54, 1.807) is 0 Å². The predicted octanol–water partition coefficient (Wildman–Crippen LogP) is 3.20. The Bertz CT molecular complexity index is 290. The van der Waals surface area contributed by atoms with E-state index in [-0.39, 0.29) is 5.54 Å². The van der Waals surface area contributed by atoms with Crippen molar-refractivity contribution in [3.8, 4) is 0 Å². The second kappa shape index (κ2) is 6.80. The molecular weight excluding hydrogens is 244 g/mol. The minimum absolute atomic E-state index is 0.244. The molecule has 1 aliphatic carbocycles. The molecule has 1 heterocycles. The molecule has 0 radical (unpaired) electrons. The van der Waals surface area contributed by atoms with Crippen molar-refractivity contribution in [3.63, 3.8) is 0 Å². The van der Waals surface area contributed by atoms with Crippen LogP contribution in [0.3, 0.4) is 0 Å². The molecule has 0 aromatic heterocycles. The van der Waals surface area contributed by atoms with Crippen LogP contribution in [0.2, 0.25) is 0 Å². The fourth-order valence-electron chi connectivity index (χ4n) is 2.43. The largest absolute Gasteiger partial charge is 0.376 e. The third-order valence-electron chi connectivity index (χ3n) is 3.97. The third kappa shape index (κ3) is 4.16. The van der Waals surface area contributed by atoms with Crippen LogP contribution in [-0.4, -0.2) is 35.7 Å². The van der Waals surface area contributed by atoms with Gasteiger partial charge in [0.2, 0.25) is 0 Å². The van der Waals surface area contributed by atoms with Gasteiger partial charge in [-0.15, -0.1) is 0 Å². The fourth-order valence-corrected chi connectivity index (χ4v) is 3.66. The van der Waals surface area contributed by atoms with Crippen LogP contribution in [0.4, 0.5) is 0 Å². The van der Waals surface area contributed by atoms with Gasteiger partial charge in [0.1, 0.15) is 0 Å². The van der Waals surface area contributed by atoms with E-state index in [1.807, 2.05) is 11.8 Å². The average molecular weight is 270 g/mol. The molecule has 1 saturated carbocycles. The van der Waals surface area contributed by atoms with Gasteiger partial charge in [0.15, 0.2) is 5.17 Å². The van der Waals surface area contributed by atoms with Crippen LogP contribution in [0.1, 0.15) is 52.4 Å². The van der Waals surface area contributed by atoms with Crippen LogP contribution in [0.5, 0.6) is 0 Å². The zero-order chi connectivity index (χ0) is 12.8. The maximum absolute atomic E-state index is 5.88. The minimum atomic E-state index is 0.244. The zero-order valence-electron chi connectivity index (χ0n) is 11.7. The van der Waals surface area contributed by atoms with Crippen molar-refractivity contribution in [1.29, 1.82) is 0 Å². The van der Waals surface area contributed by atoms with Crippen molar-refractivity contribution in [2.75, 3.05) is 18.9 Å². The Hall–Kier alpha value is -0.220. The van der Waals surface area contributed by atoms with Gasteiger partial charge in [0, 0.05) is 11.3 Å². The number of amidine groups is 1. The topological polar surface area (TPSA) is 33.6 Å². The Morgan fingerprint density at radius 3 is 2.83 bits per heavy atom. The normalized spacial score (nSPS) is 31.8. The summed E-state index contributed by atoms with van der Waals surface area (Å²) in [7, 11) is 0. The molecule has 1 N–H and O–H groups in total. The molecule has 2 fully saturated rings. The lowest BCUT2D eigenvalue weighted by atomic mass is 9.98. The molecule has 18 heavy (non-hydrogen) atoms. The zero-order valence-corrected chi connectivity index (χ0v) is 12.5. The van der Waals surface area contributed by atoms with Crippen molar-refractivity contribution in [2.24, 2.45) is 4.99 Å². The maximum Gasteiger partial charge on any atom is 0.157 e. The Kier molecular flexibility index (Phi) is 5.37. The number of ether oxygens (including phenoxy) is 1. The van der Waals surface area contributed by atoms with Gasteiger partial charge in [-0.2, -0.15) is 0 Å². The molecule has 0 amide bonds. The second-order valence-electron chi connectivity index (χ2n) is 5.65. The lowest BCUT2D eigenvalue weighted by Crippen LogP contribution is -2.39. The molecular formula is C14H26N2OS. The highest BCUT2D eigenvalue weighted by atomic mass is 32.2. The van der Waals surface area contributed by atoms with Crippen LogP contribution in [0.15, 0.2) is 4.99 Å². The lowest BCUT2D eigenvalue weighted by Gasteiger charge is -2.22. The summed E-state index contributed by atoms with van der Waals surface area (Å²) >= 11 is 1.84. The summed E-state index contributed by atoms with van der Waals surface area (Å²) in [6.45, 7) is 6.06. The average Bonchev–Trinajstić information content (AvgIpc) is 2.79. The van der Waals surface area contributed by atoms with E-state index in [2.05, 4.69) is 24.2 Å². The van der Waals surface area contributed by atoms with Gasteiger partial charge in [-0.25, -0.2) is 0 Å². The first kappa shape index (κ1) is 14.2. The van der Waals surface area contributed by atoms with E-state index in [9.17, 15) is 0 Å². The van der Waals surface area contributed by atoms with Gasteiger partial charge in [0.25, 0.3) is 0 Å². The number of hydrogen-bond donors (Lipinski definition) is 1. The van der Waals surface area contributed by atoms with Gasteiger partial charge >= 0.3 is 0 Å². The number of thioether (sulfide) groups is 1. The molecule has 0 spiro atoms. The summed E-state index contributed by atoms with van der Waals surface area (Å²) in [6.07, 6.45) is 8.21. The third-order valence-corrected chi connectivity index (χ3v) is 5.26. The molecule has 0 aromatic rings. The van der Waals surface area contributed by atoms with E-state index in [4.69, 9.17) is 4.74 Å². The van der Waals surface area contributed by atoms with Crippen molar-refractivity contribution < 1.29 is 4.74 Å². The Morgan fingerprint density at radius 2 is 2.17 bits per heavy atom. The first-order chi connectivity index (χ1) is 8.72.